The largest absolute Gasteiger partial charge is 0.481 e. The maximum atomic E-state index is 11.9. The topological polar surface area (TPSA) is 76.1 Å². The minimum atomic E-state index is -0.0313. The molecule has 1 fully saturated rings. The molecule has 0 unspecified atom stereocenters. The number of hydrogen-bond donors (Lipinski definition) is 2. The van der Waals surface area contributed by atoms with Gasteiger partial charge in [0.2, 0.25) is 17.7 Å². The summed E-state index contributed by atoms with van der Waals surface area (Å²) in [4.78, 5) is 20.2. The van der Waals surface area contributed by atoms with Crippen molar-refractivity contribution in [3.8, 4) is 5.88 Å². The number of ether oxygens (including phenoxy) is 1. The number of amides is 1. The van der Waals surface area contributed by atoms with E-state index in [1.165, 1.54) is 0 Å². The van der Waals surface area contributed by atoms with Crippen LogP contribution >= 0.6 is 0 Å². The fraction of sp³-hybridized carbons (Fsp3) is 0.643. The molecule has 0 spiro atoms. The molecule has 2 heterocycles. The van der Waals surface area contributed by atoms with Gasteiger partial charge in [0, 0.05) is 18.2 Å². The van der Waals surface area contributed by atoms with E-state index in [1.54, 1.807) is 13.2 Å². The van der Waals surface area contributed by atoms with E-state index in [0.29, 0.717) is 24.2 Å². The molecular weight excluding hydrogens is 256 g/mol. The van der Waals surface area contributed by atoms with E-state index in [9.17, 15) is 4.79 Å². The van der Waals surface area contributed by atoms with Crippen LogP contribution in [0.25, 0.3) is 0 Å². The number of rotatable bonds is 5. The SMILES string of the molecule is COc1cc(C)nc(NC(=O)CCC2CCNCC2)n1. The first-order valence-corrected chi connectivity index (χ1v) is 7.07. The molecule has 1 aliphatic heterocycles. The number of anilines is 1. The Morgan fingerprint density at radius 3 is 2.90 bits per heavy atom. The zero-order valence-electron chi connectivity index (χ0n) is 12.1. The molecule has 1 amide bonds. The van der Waals surface area contributed by atoms with Gasteiger partial charge in [-0.1, -0.05) is 0 Å². The van der Waals surface area contributed by atoms with Crippen molar-refractivity contribution in [3.05, 3.63) is 11.8 Å². The van der Waals surface area contributed by atoms with Crippen molar-refractivity contribution in [2.24, 2.45) is 5.92 Å². The van der Waals surface area contributed by atoms with Crippen LogP contribution in [0.2, 0.25) is 0 Å². The summed E-state index contributed by atoms with van der Waals surface area (Å²) in [7, 11) is 1.55. The second-order valence-electron chi connectivity index (χ2n) is 5.16. The smallest absolute Gasteiger partial charge is 0.232 e. The second-order valence-corrected chi connectivity index (χ2v) is 5.16. The molecule has 0 aliphatic carbocycles. The molecule has 6 nitrogen and oxygen atoms in total. The van der Waals surface area contributed by atoms with E-state index in [-0.39, 0.29) is 5.91 Å². The normalized spacial score (nSPS) is 15.9. The predicted molar refractivity (Wildman–Crippen MR) is 76.8 cm³/mol. The molecule has 0 aromatic carbocycles. The van der Waals surface area contributed by atoms with Crippen molar-refractivity contribution in [2.75, 3.05) is 25.5 Å². The van der Waals surface area contributed by atoms with Gasteiger partial charge in [0.1, 0.15) is 0 Å². The number of aromatic nitrogens is 2. The first kappa shape index (κ1) is 14.7. The monoisotopic (exact) mass is 278 g/mol. The van der Waals surface area contributed by atoms with Crippen LogP contribution in [0.15, 0.2) is 6.07 Å². The summed E-state index contributed by atoms with van der Waals surface area (Å²) in [6.45, 7) is 3.96. The predicted octanol–water partition coefficient (Wildman–Crippen LogP) is 1.51. The first-order chi connectivity index (χ1) is 9.67. The average Bonchev–Trinajstić information content (AvgIpc) is 2.45. The Balaban J connectivity index is 1.83. The third-order valence-electron chi connectivity index (χ3n) is 3.53. The highest BCUT2D eigenvalue weighted by Crippen LogP contribution is 2.18. The van der Waals surface area contributed by atoms with Gasteiger partial charge in [0.15, 0.2) is 0 Å². The standard InChI is InChI=1S/C14H22N4O2/c1-10-9-13(20-2)18-14(16-10)17-12(19)4-3-11-5-7-15-8-6-11/h9,11,15H,3-8H2,1-2H3,(H,16,17,18,19). The molecule has 1 aliphatic rings. The molecule has 1 saturated heterocycles. The Hall–Kier alpha value is -1.69. The number of aryl methyl sites for hydroxylation is 1. The van der Waals surface area contributed by atoms with Gasteiger partial charge in [-0.25, -0.2) is 4.98 Å². The Bertz CT molecular complexity index is 458. The molecule has 0 bridgehead atoms. The lowest BCUT2D eigenvalue weighted by Crippen LogP contribution is -2.28. The maximum absolute atomic E-state index is 11.9. The van der Waals surface area contributed by atoms with Crippen molar-refractivity contribution < 1.29 is 9.53 Å². The van der Waals surface area contributed by atoms with Gasteiger partial charge >= 0.3 is 0 Å². The van der Waals surface area contributed by atoms with E-state index < -0.39 is 0 Å². The maximum Gasteiger partial charge on any atom is 0.232 e. The molecule has 2 rings (SSSR count). The van der Waals surface area contributed by atoms with Crippen LogP contribution in [0.4, 0.5) is 5.95 Å². The van der Waals surface area contributed by atoms with Crippen LogP contribution in [-0.2, 0) is 4.79 Å². The number of nitrogens with one attached hydrogen (secondary N) is 2. The minimum Gasteiger partial charge on any atom is -0.481 e. The van der Waals surface area contributed by atoms with E-state index in [4.69, 9.17) is 4.74 Å². The molecule has 2 N–H and O–H groups in total. The van der Waals surface area contributed by atoms with E-state index in [1.807, 2.05) is 6.92 Å². The molecule has 110 valence electrons. The van der Waals surface area contributed by atoms with Crippen LogP contribution in [-0.4, -0.2) is 36.1 Å². The van der Waals surface area contributed by atoms with Gasteiger partial charge < -0.3 is 10.1 Å². The van der Waals surface area contributed by atoms with E-state index >= 15 is 0 Å². The van der Waals surface area contributed by atoms with Gasteiger partial charge in [0.25, 0.3) is 0 Å². The highest BCUT2D eigenvalue weighted by molar-refractivity contribution is 5.88. The van der Waals surface area contributed by atoms with Gasteiger partial charge in [-0.3, -0.25) is 10.1 Å². The van der Waals surface area contributed by atoms with Crippen molar-refractivity contribution in [1.29, 1.82) is 0 Å². The summed E-state index contributed by atoms with van der Waals surface area (Å²) in [6, 6.07) is 1.73. The average molecular weight is 278 g/mol. The van der Waals surface area contributed by atoms with Gasteiger partial charge in [-0.05, 0) is 45.2 Å². The highest BCUT2D eigenvalue weighted by Gasteiger charge is 2.15. The van der Waals surface area contributed by atoms with Crippen LogP contribution < -0.4 is 15.4 Å². The third kappa shape index (κ3) is 4.45. The van der Waals surface area contributed by atoms with Crippen molar-refractivity contribution >= 4 is 11.9 Å². The molecule has 0 radical (unpaired) electrons. The molecule has 20 heavy (non-hydrogen) atoms. The van der Waals surface area contributed by atoms with Crippen LogP contribution in [0.1, 0.15) is 31.4 Å². The summed E-state index contributed by atoms with van der Waals surface area (Å²) in [5.74, 6) is 1.40. The summed E-state index contributed by atoms with van der Waals surface area (Å²) in [5, 5.41) is 6.07. The summed E-state index contributed by atoms with van der Waals surface area (Å²) in [6.07, 6.45) is 3.75. The van der Waals surface area contributed by atoms with E-state index in [0.717, 1.165) is 38.0 Å². The number of hydrogen-bond acceptors (Lipinski definition) is 5. The van der Waals surface area contributed by atoms with Gasteiger partial charge in [0.05, 0.1) is 7.11 Å². The zero-order valence-corrected chi connectivity index (χ0v) is 12.1. The Morgan fingerprint density at radius 1 is 1.45 bits per heavy atom. The van der Waals surface area contributed by atoms with Crippen LogP contribution in [0.5, 0.6) is 5.88 Å². The highest BCUT2D eigenvalue weighted by atomic mass is 16.5. The van der Waals surface area contributed by atoms with Crippen molar-refractivity contribution in [3.63, 3.8) is 0 Å². The molecule has 1 aromatic rings. The van der Waals surface area contributed by atoms with Crippen LogP contribution in [0.3, 0.4) is 0 Å². The summed E-state index contributed by atoms with van der Waals surface area (Å²) < 4.78 is 5.06. The van der Waals surface area contributed by atoms with Crippen LogP contribution in [0, 0.1) is 12.8 Å². The van der Waals surface area contributed by atoms with E-state index in [2.05, 4.69) is 20.6 Å². The van der Waals surface area contributed by atoms with Gasteiger partial charge in [-0.2, -0.15) is 4.98 Å². The fourth-order valence-corrected chi connectivity index (χ4v) is 2.39. The summed E-state index contributed by atoms with van der Waals surface area (Å²) >= 11 is 0. The van der Waals surface area contributed by atoms with Crippen molar-refractivity contribution in [1.82, 2.24) is 15.3 Å². The third-order valence-corrected chi connectivity index (χ3v) is 3.53. The van der Waals surface area contributed by atoms with Gasteiger partial charge in [-0.15, -0.1) is 0 Å². The number of piperidine rings is 1. The minimum absolute atomic E-state index is 0.0313. The lowest BCUT2D eigenvalue weighted by atomic mass is 9.93. The molecular formula is C14H22N4O2. The van der Waals surface area contributed by atoms with Crippen molar-refractivity contribution in [2.45, 2.75) is 32.6 Å². The molecule has 1 aromatic heterocycles. The molecule has 0 atom stereocenters. The number of carbonyl (C=O) groups is 1. The first-order valence-electron chi connectivity index (χ1n) is 7.07. The lowest BCUT2D eigenvalue weighted by molar-refractivity contribution is -0.116. The molecule has 6 heteroatoms. The lowest BCUT2D eigenvalue weighted by Gasteiger charge is -2.22. The number of carbonyl (C=O) groups excluding carboxylic acids is 1. The molecule has 0 saturated carbocycles. The summed E-state index contributed by atoms with van der Waals surface area (Å²) in [5.41, 5.74) is 0.769. The quantitative estimate of drug-likeness (QED) is 0.854. The number of methoxy groups -OCH3 is 1. The second kappa shape index (κ2) is 7.19. The zero-order chi connectivity index (χ0) is 14.4. The Kier molecular flexibility index (Phi) is 5.29. The number of nitrogens with zero attached hydrogens (tertiary/aromatic N) is 2. The Labute approximate surface area is 119 Å². The Morgan fingerprint density at radius 2 is 2.20 bits per heavy atom. The fourth-order valence-electron chi connectivity index (χ4n) is 2.39.